The number of primary amides is 1. The normalized spacial score (nSPS) is 11.6. The van der Waals surface area contributed by atoms with Gasteiger partial charge in [-0.25, -0.2) is 9.07 Å². The highest BCUT2D eigenvalue weighted by molar-refractivity contribution is 6.03. The molecule has 0 saturated carbocycles. The van der Waals surface area contributed by atoms with Crippen molar-refractivity contribution in [3.05, 3.63) is 70.5 Å². The van der Waals surface area contributed by atoms with Crippen LogP contribution in [0.4, 0.5) is 23.4 Å². The number of hydrogen-bond donors (Lipinski definition) is 3. The van der Waals surface area contributed by atoms with Gasteiger partial charge in [0.25, 0.3) is 11.8 Å². The van der Waals surface area contributed by atoms with E-state index in [1.54, 1.807) is 19.1 Å². The van der Waals surface area contributed by atoms with E-state index < -0.39 is 35.2 Å². The van der Waals surface area contributed by atoms with Gasteiger partial charge in [0, 0.05) is 17.7 Å². The summed E-state index contributed by atoms with van der Waals surface area (Å²) in [4.78, 5) is 24.3. The number of alkyl halides is 3. The Labute approximate surface area is 200 Å². The van der Waals surface area contributed by atoms with Crippen molar-refractivity contribution < 1.29 is 27.2 Å². The molecule has 2 aromatic carbocycles. The van der Waals surface area contributed by atoms with Gasteiger partial charge < -0.3 is 16.8 Å². The topological polar surface area (TPSA) is 116 Å². The summed E-state index contributed by atoms with van der Waals surface area (Å²) in [7, 11) is 0. The number of anilines is 1. The van der Waals surface area contributed by atoms with E-state index in [0.717, 1.165) is 19.9 Å². The standard InChI is InChI=1S/C23H23F4N5O2.CH4/c1-12-4-9-15(24)10-16(12)21(34)30-11-13-5-7-14(8-6-13)18-17(20(29)33)19(28)32(31-18)22(2,3)23(25,26)27;/h4-10H,11,28H2,1-3H3,(H2,29,33)(H,30,34);1H4. The van der Waals surface area contributed by atoms with Crippen LogP contribution in [-0.4, -0.2) is 27.8 Å². The van der Waals surface area contributed by atoms with Gasteiger partial charge in [0.1, 0.15) is 22.9 Å². The number of nitrogen functional groups attached to an aromatic ring is 1. The van der Waals surface area contributed by atoms with Crippen LogP contribution in [0.25, 0.3) is 11.3 Å². The number of aryl methyl sites for hydroxylation is 1. The van der Waals surface area contributed by atoms with E-state index in [9.17, 15) is 27.2 Å². The second kappa shape index (κ2) is 9.77. The number of carbonyl (C=O) groups is 2. The molecule has 1 heterocycles. The molecule has 7 nitrogen and oxygen atoms in total. The zero-order valence-corrected chi connectivity index (χ0v) is 18.6. The third-order valence-corrected chi connectivity index (χ3v) is 5.52. The maximum Gasteiger partial charge on any atom is 0.413 e. The number of aromatic nitrogens is 2. The predicted octanol–water partition coefficient (Wildman–Crippen LogP) is 4.54. The number of hydrogen-bond acceptors (Lipinski definition) is 4. The van der Waals surface area contributed by atoms with Crippen molar-refractivity contribution in [3.8, 4) is 11.3 Å². The first-order chi connectivity index (χ1) is 15.7. The largest absolute Gasteiger partial charge is 0.413 e. The fraction of sp³-hybridized carbons (Fsp3) is 0.292. The fourth-order valence-corrected chi connectivity index (χ4v) is 3.32. The minimum absolute atomic E-state index is 0. The molecule has 3 rings (SSSR count). The van der Waals surface area contributed by atoms with Crippen LogP contribution in [0.5, 0.6) is 0 Å². The second-order valence-corrected chi connectivity index (χ2v) is 8.28. The molecule has 0 spiro atoms. The molecule has 1 aromatic heterocycles. The van der Waals surface area contributed by atoms with Gasteiger partial charge in [-0.1, -0.05) is 37.8 Å². The number of carbonyl (C=O) groups excluding carboxylic acids is 2. The number of amides is 2. The molecule has 0 aliphatic carbocycles. The molecule has 0 saturated heterocycles. The van der Waals surface area contributed by atoms with Crippen LogP contribution < -0.4 is 16.8 Å². The third kappa shape index (κ3) is 5.28. The van der Waals surface area contributed by atoms with Crippen LogP contribution in [-0.2, 0) is 12.1 Å². The van der Waals surface area contributed by atoms with Crippen LogP contribution in [0.2, 0.25) is 0 Å². The van der Waals surface area contributed by atoms with Gasteiger partial charge in [-0.15, -0.1) is 0 Å². The van der Waals surface area contributed by atoms with Crippen molar-refractivity contribution in [2.24, 2.45) is 5.73 Å². The Morgan fingerprint density at radius 1 is 1.09 bits per heavy atom. The maximum absolute atomic E-state index is 13.5. The number of benzene rings is 2. The van der Waals surface area contributed by atoms with Crippen LogP contribution >= 0.6 is 0 Å². The van der Waals surface area contributed by atoms with Crippen molar-refractivity contribution in [1.82, 2.24) is 15.1 Å². The Kier molecular flexibility index (Phi) is 7.63. The number of nitrogens with one attached hydrogen (secondary N) is 1. The first-order valence-electron chi connectivity index (χ1n) is 10.1. The molecule has 0 aliphatic rings. The van der Waals surface area contributed by atoms with E-state index in [-0.39, 0.29) is 30.8 Å². The lowest BCUT2D eigenvalue weighted by molar-refractivity contribution is -0.205. The molecule has 0 atom stereocenters. The number of halogens is 4. The van der Waals surface area contributed by atoms with E-state index in [2.05, 4.69) is 10.4 Å². The fourth-order valence-electron chi connectivity index (χ4n) is 3.32. The smallest absolute Gasteiger partial charge is 0.383 e. The molecule has 35 heavy (non-hydrogen) atoms. The van der Waals surface area contributed by atoms with Gasteiger partial charge >= 0.3 is 6.18 Å². The van der Waals surface area contributed by atoms with Crippen molar-refractivity contribution in [3.63, 3.8) is 0 Å². The van der Waals surface area contributed by atoms with E-state index in [4.69, 9.17) is 11.5 Å². The summed E-state index contributed by atoms with van der Waals surface area (Å²) in [5, 5.41) is 6.64. The highest BCUT2D eigenvalue weighted by atomic mass is 19.4. The Balaban J connectivity index is 0.00000432. The Hall–Kier alpha value is -3.89. The summed E-state index contributed by atoms with van der Waals surface area (Å²) in [6, 6.07) is 10.1. The molecule has 0 bridgehead atoms. The summed E-state index contributed by atoms with van der Waals surface area (Å²) < 4.78 is 54.6. The Bertz CT molecular complexity index is 1250. The average Bonchev–Trinajstić information content (AvgIpc) is 3.11. The highest BCUT2D eigenvalue weighted by Gasteiger charge is 2.51. The molecular weight excluding hydrogens is 466 g/mol. The second-order valence-electron chi connectivity index (χ2n) is 8.28. The van der Waals surface area contributed by atoms with Crippen LogP contribution in [0, 0.1) is 12.7 Å². The molecule has 188 valence electrons. The molecular formula is C24H27F4N5O2. The van der Waals surface area contributed by atoms with Gasteiger partial charge in [0.05, 0.1) is 0 Å². The van der Waals surface area contributed by atoms with Crippen LogP contribution in [0.15, 0.2) is 42.5 Å². The number of rotatable bonds is 6. The summed E-state index contributed by atoms with van der Waals surface area (Å²) in [5.74, 6) is -2.50. The molecule has 0 radical (unpaired) electrons. The summed E-state index contributed by atoms with van der Waals surface area (Å²) in [6.07, 6.45) is -4.69. The van der Waals surface area contributed by atoms with Gasteiger partial charge in [-0.3, -0.25) is 9.59 Å². The van der Waals surface area contributed by atoms with Crippen molar-refractivity contribution in [2.75, 3.05) is 5.73 Å². The molecule has 5 N–H and O–H groups in total. The van der Waals surface area contributed by atoms with Gasteiger partial charge in [0.2, 0.25) is 0 Å². The molecule has 3 aromatic rings. The first-order valence-corrected chi connectivity index (χ1v) is 10.1. The lowest BCUT2D eigenvalue weighted by atomic mass is 10.0. The van der Waals surface area contributed by atoms with Gasteiger partial charge in [-0.05, 0) is 44.0 Å². The predicted molar refractivity (Wildman–Crippen MR) is 125 cm³/mol. The van der Waals surface area contributed by atoms with Crippen LogP contribution in [0.1, 0.15) is 53.1 Å². The number of nitrogens with two attached hydrogens (primary N) is 2. The Morgan fingerprint density at radius 3 is 2.23 bits per heavy atom. The summed E-state index contributed by atoms with van der Waals surface area (Å²) in [6.45, 7) is 3.56. The molecule has 11 heteroatoms. The monoisotopic (exact) mass is 493 g/mol. The third-order valence-electron chi connectivity index (χ3n) is 5.52. The molecule has 0 unspecified atom stereocenters. The highest BCUT2D eigenvalue weighted by Crippen LogP contribution is 2.40. The quantitative estimate of drug-likeness (QED) is 0.437. The maximum atomic E-state index is 13.5. The van der Waals surface area contributed by atoms with E-state index in [0.29, 0.717) is 21.4 Å². The van der Waals surface area contributed by atoms with Crippen molar-refractivity contribution in [1.29, 1.82) is 0 Å². The first kappa shape index (κ1) is 27.4. The lowest BCUT2D eigenvalue weighted by Gasteiger charge is -2.29. The van der Waals surface area contributed by atoms with Crippen LogP contribution in [0.3, 0.4) is 0 Å². The summed E-state index contributed by atoms with van der Waals surface area (Å²) in [5.41, 5.74) is 10.1. The van der Waals surface area contributed by atoms with Crippen molar-refractivity contribution in [2.45, 2.75) is 46.5 Å². The minimum atomic E-state index is -4.69. The molecule has 0 fully saturated rings. The molecule has 0 aliphatic heterocycles. The number of nitrogens with zero attached hydrogens (tertiary/aromatic N) is 2. The van der Waals surface area contributed by atoms with E-state index in [1.807, 2.05) is 0 Å². The summed E-state index contributed by atoms with van der Waals surface area (Å²) >= 11 is 0. The van der Waals surface area contributed by atoms with E-state index in [1.165, 1.54) is 24.3 Å². The zero-order valence-electron chi connectivity index (χ0n) is 18.6. The van der Waals surface area contributed by atoms with Gasteiger partial charge in [-0.2, -0.15) is 18.3 Å². The van der Waals surface area contributed by atoms with E-state index >= 15 is 0 Å². The minimum Gasteiger partial charge on any atom is -0.383 e. The molecule has 2 amide bonds. The Morgan fingerprint density at radius 2 is 1.69 bits per heavy atom. The zero-order chi connectivity index (χ0) is 25.4. The average molecular weight is 494 g/mol. The lowest BCUT2D eigenvalue weighted by Crippen LogP contribution is -2.43. The van der Waals surface area contributed by atoms with Crippen molar-refractivity contribution >= 4 is 17.6 Å². The van der Waals surface area contributed by atoms with Gasteiger partial charge in [0.15, 0.2) is 5.54 Å². The SMILES string of the molecule is C.Cc1ccc(F)cc1C(=O)NCc1ccc(-c2nn(C(C)(C)C(F)(F)F)c(N)c2C(N)=O)cc1.